The maximum Gasteiger partial charge on any atom is 0.272 e. The van der Waals surface area contributed by atoms with E-state index in [9.17, 15) is 13.6 Å². The van der Waals surface area contributed by atoms with Gasteiger partial charge in [-0.15, -0.1) is 0 Å². The van der Waals surface area contributed by atoms with Crippen LogP contribution in [0.4, 0.5) is 8.78 Å². The molecule has 3 rings (SSSR count). The van der Waals surface area contributed by atoms with Crippen molar-refractivity contribution >= 4 is 5.91 Å². The average Bonchev–Trinajstić information content (AvgIpc) is 3.12. The fourth-order valence-corrected chi connectivity index (χ4v) is 3.01. The van der Waals surface area contributed by atoms with E-state index in [0.29, 0.717) is 17.8 Å². The highest BCUT2D eigenvalue weighted by molar-refractivity contribution is 5.94. The Kier molecular flexibility index (Phi) is 4.62. The van der Waals surface area contributed by atoms with Crippen molar-refractivity contribution in [2.75, 3.05) is 6.61 Å². The van der Waals surface area contributed by atoms with Crippen molar-refractivity contribution in [1.29, 1.82) is 0 Å². The Morgan fingerprint density at radius 2 is 2.17 bits per heavy atom. The Labute approximate surface area is 138 Å². The minimum atomic E-state index is -0.947. The molecule has 0 fully saturated rings. The molecule has 7 heteroatoms. The average molecular weight is 335 g/mol. The predicted octanol–water partition coefficient (Wildman–Crippen LogP) is 2.14. The molecule has 2 N–H and O–H groups in total. The number of carbonyl (C=O) groups is 1. The van der Waals surface area contributed by atoms with Crippen molar-refractivity contribution in [3.05, 3.63) is 46.8 Å². The first-order valence-corrected chi connectivity index (χ1v) is 7.99. The Morgan fingerprint density at radius 3 is 2.88 bits per heavy atom. The number of halogens is 2. The quantitative estimate of drug-likeness (QED) is 0.880. The van der Waals surface area contributed by atoms with Gasteiger partial charge < -0.3 is 10.4 Å². The SMILES string of the molecule is CC(CCO)NC(=O)c1nn(-c2ccc(F)c(F)c2)c2c1CCC2. The van der Waals surface area contributed by atoms with Crippen LogP contribution in [0.5, 0.6) is 0 Å². The smallest absolute Gasteiger partial charge is 0.272 e. The predicted molar refractivity (Wildman–Crippen MR) is 84.1 cm³/mol. The molecule has 1 aliphatic rings. The van der Waals surface area contributed by atoms with Gasteiger partial charge >= 0.3 is 0 Å². The second kappa shape index (κ2) is 6.68. The van der Waals surface area contributed by atoms with E-state index in [2.05, 4.69) is 10.4 Å². The number of nitrogens with zero attached hydrogens (tertiary/aromatic N) is 2. The summed E-state index contributed by atoms with van der Waals surface area (Å²) in [6, 6.07) is 3.40. The van der Waals surface area contributed by atoms with Gasteiger partial charge in [0.1, 0.15) is 0 Å². The first-order valence-electron chi connectivity index (χ1n) is 7.99. The maximum absolute atomic E-state index is 13.5. The van der Waals surface area contributed by atoms with Crippen LogP contribution in [0.15, 0.2) is 18.2 Å². The molecule has 5 nitrogen and oxygen atoms in total. The van der Waals surface area contributed by atoms with Crippen molar-refractivity contribution in [1.82, 2.24) is 15.1 Å². The van der Waals surface area contributed by atoms with E-state index < -0.39 is 11.6 Å². The van der Waals surface area contributed by atoms with Crippen LogP contribution in [-0.4, -0.2) is 33.4 Å². The first-order chi connectivity index (χ1) is 11.5. The number of hydrogen-bond acceptors (Lipinski definition) is 3. The third-order valence-corrected chi connectivity index (χ3v) is 4.23. The third-order valence-electron chi connectivity index (χ3n) is 4.23. The molecule has 1 aliphatic carbocycles. The van der Waals surface area contributed by atoms with Gasteiger partial charge in [0.2, 0.25) is 0 Å². The molecule has 0 aliphatic heterocycles. The number of fused-ring (bicyclic) bond motifs is 1. The minimum absolute atomic E-state index is 0.0111. The summed E-state index contributed by atoms with van der Waals surface area (Å²) in [5.74, 6) is -2.17. The molecule has 2 aromatic rings. The Hall–Kier alpha value is -2.28. The number of carbonyl (C=O) groups excluding carboxylic acids is 1. The highest BCUT2D eigenvalue weighted by Crippen LogP contribution is 2.28. The van der Waals surface area contributed by atoms with Gasteiger partial charge in [-0.05, 0) is 44.7 Å². The molecule has 0 saturated heterocycles. The fraction of sp³-hybridized carbons (Fsp3) is 0.412. The van der Waals surface area contributed by atoms with E-state index in [1.807, 2.05) is 0 Å². The summed E-state index contributed by atoms with van der Waals surface area (Å²) in [5, 5.41) is 16.1. The summed E-state index contributed by atoms with van der Waals surface area (Å²) >= 11 is 0. The summed E-state index contributed by atoms with van der Waals surface area (Å²) in [7, 11) is 0. The van der Waals surface area contributed by atoms with E-state index in [-0.39, 0.29) is 18.6 Å². The molecule has 0 spiro atoms. The van der Waals surface area contributed by atoms with Crippen LogP contribution in [0.1, 0.15) is 41.5 Å². The summed E-state index contributed by atoms with van der Waals surface area (Å²) in [4.78, 5) is 12.5. The van der Waals surface area contributed by atoms with E-state index in [1.165, 1.54) is 10.7 Å². The summed E-state index contributed by atoms with van der Waals surface area (Å²) < 4.78 is 28.2. The number of hydrogen-bond donors (Lipinski definition) is 2. The molecule has 0 radical (unpaired) electrons. The number of nitrogens with one attached hydrogen (secondary N) is 1. The van der Waals surface area contributed by atoms with Gasteiger partial charge in [0.25, 0.3) is 5.91 Å². The minimum Gasteiger partial charge on any atom is -0.396 e. The van der Waals surface area contributed by atoms with Crippen LogP contribution < -0.4 is 5.32 Å². The molecule has 24 heavy (non-hydrogen) atoms. The lowest BCUT2D eigenvalue weighted by molar-refractivity contribution is 0.0928. The van der Waals surface area contributed by atoms with Gasteiger partial charge in [0.05, 0.1) is 5.69 Å². The van der Waals surface area contributed by atoms with Gasteiger partial charge in [0, 0.05) is 30.0 Å². The molecule has 1 amide bonds. The number of aromatic nitrogens is 2. The normalized spacial score (nSPS) is 14.5. The highest BCUT2D eigenvalue weighted by atomic mass is 19.2. The van der Waals surface area contributed by atoms with Gasteiger partial charge in [-0.1, -0.05) is 0 Å². The molecule has 128 valence electrons. The maximum atomic E-state index is 13.5. The van der Waals surface area contributed by atoms with Crippen molar-refractivity contribution < 1.29 is 18.7 Å². The Bertz CT molecular complexity index is 773. The van der Waals surface area contributed by atoms with Crippen LogP contribution in [0.3, 0.4) is 0 Å². The van der Waals surface area contributed by atoms with E-state index in [4.69, 9.17) is 5.11 Å². The first kappa shape index (κ1) is 16.6. The zero-order valence-corrected chi connectivity index (χ0v) is 13.4. The number of amides is 1. The van der Waals surface area contributed by atoms with Crippen molar-refractivity contribution in [2.24, 2.45) is 0 Å². The molecule has 1 unspecified atom stereocenters. The van der Waals surface area contributed by atoms with Gasteiger partial charge in [-0.2, -0.15) is 5.10 Å². The Balaban J connectivity index is 1.95. The summed E-state index contributed by atoms with van der Waals surface area (Å²) in [6.07, 6.45) is 2.82. The fourth-order valence-electron chi connectivity index (χ4n) is 3.01. The number of rotatable bonds is 5. The third kappa shape index (κ3) is 3.03. The molecule has 1 aromatic carbocycles. The lowest BCUT2D eigenvalue weighted by Gasteiger charge is -2.11. The monoisotopic (exact) mass is 335 g/mol. The molecule has 1 aromatic heterocycles. The van der Waals surface area contributed by atoms with Crippen molar-refractivity contribution in [3.8, 4) is 5.69 Å². The van der Waals surface area contributed by atoms with Crippen LogP contribution in [-0.2, 0) is 12.8 Å². The van der Waals surface area contributed by atoms with Gasteiger partial charge in [-0.25, -0.2) is 13.5 Å². The summed E-state index contributed by atoms with van der Waals surface area (Å²) in [6.45, 7) is 1.80. The van der Waals surface area contributed by atoms with E-state index >= 15 is 0 Å². The van der Waals surface area contributed by atoms with Crippen molar-refractivity contribution in [3.63, 3.8) is 0 Å². The number of aliphatic hydroxyl groups excluding tert-OH is 1. The largest absolute Gasteiger partial charge is 0.396 e. The molecule has 0 bridgehead atoms. The second-order valence-corrected chi connectivity index (χ2v) is 6.02. The van der Waals surface area contributed by atoms with Gasteiger partial charge in [-0.3, -0.25) is 4.79 Å². The number of aliphatic hydroxyl groups is 1. The van der Waals surface area contributed by atoms with Crippen LogP contribution in [0, 0.1) is 11.6 Å². The van der Waals surface area contributed by atoms with Crippen LogP contribution in [0.25, 0.3) is 5.69 Å². The molecule has 1 heterocycles. The van der Waals surface area contributed by atoms with E-state index in [1.54, 1.807) is 6.92 Å². The zero-order chi connectivity index (χ0) is 17.3. The second-order valence-electron chi connectivity index (χ2n) is 6.02. The van der Waals surface area contributed by atoms with E-state index in [0.717, 1.165) is 42.7 Å². The topological polar surface area (TPSA) is 67.2 Å². The standard InChI is InChI=1S/C17H19F2N3O2/c1-10(7-8-23)20-17(24)16-12-3-2-4-15(12)22(21-16)11-5-6-13(18)14(19)9-11/h5-6,9-10,23H,2-4,7-8H2,1H3,(H,20,24). The zero-order valence-electron chi connectivity index (χ0n) is 13.4. The van der Waals surface area contributed by atoms with Crippen molar-refractivity contribution in [2.45, 2.75) is 38.6 Å². The molecular formula is C17H19F2N3O2. The summed E-state index contributed by atoms with van der Waals surface area (Å²) in [5.41, 5.74) is 2.43. The lowest BCUT2D eigenvalue weighted by Crippen LogP contribution is -2.34. The van der Waals surface area contributed by atoms with Crippen LogP contribution >= 0.6 is 0 Å². The molecule has 0 saturated carbocycles. The highest BCUT2D eigenvalue weighted by Gasteiger charge is 2.27. The molecule has 1 atom stereocenters. The van der Waals surface area contributed by atoms with Crippen LogP contribution in [0.2, 0.25) is 0 Å². The molecular weight excluding hydrogens is 316 g/mol. The van der Waals surface area contributed by atoms with Gasteiger partial charge in [0.15, 0.2) is 17.3 Å². The number of benzene rings is 1. The Morgan fingerprint density at radius 1 is 1.38 bits per heavy atom. The lowest BCUT2D eigenvalue weighted by atomic mass is 10.1.